The van der Waals surface area contributed by atoms with Crippen LogP contribution < -0.4 is 5.73 Å². The summed E-state index contributed by atoms with van der Waals surface area (Å²) < 4.78 is 4.90. The van der Waals surface area contributed by atoms with E-state index in [1.54, 1.807) is 6.92 Å². The number of ketones is 1. The highest BCUT2D eigenvalue weighted by atomic mass is 16.7. The number of carbonyl (C=O) groups is 1. The quantitative estimate of drug-likeness (QED) is 0.342. The van der Waals surface area contributed by atoms with Crippen LogP contribution in [-0.2, 0) is 9.53 Å². The van der Waals surface area contributed by atoms with Crippen molar-refractivity contribution in [3.05, 3.63) is 12.2 Å². The topological polar surface area (TPSA) is 133 Å². The van der Waals surface area contributed by atoms with Gasteiger partial charge in [-0.05, 0) is 13.0 Å². The third kappa shape index (κ3) is 2.39. The monoisotopic (exact) mass is 247 g/mol. The van der Waals surface area contributed by atoms with Gasteiger partial charge < -0.3 is 30.9 Å². The van der Waals surface area contributed by atoms with Crippen LogP contribution in [0.3, 0.4) is 0 Å². The van der Waals surface area contributed by atoms with Gasteiger partial charge in [0.1, 0.15) is 18.3 Å². The maximum absolute atomic E-state index is 11.6. The zero-order valence-corrected chi connectivity index (χ0v) is 9.35. The molecule has 98 valence electrons. The Balaban J connectivity index is 3.02. The molecule has 0 radical (unpaired) electrons. The molecule has 1 heterocycles. The molecule has 0 saturated carbocycles. The Morgan fingerprint density at radius 3 is 2.53 bits per heavy atom. The summed E-state index contributed by atoms with van der Waals surface area (Å²) in [6.45, 7) is 0.904. The van der Waals surface area contributed by atoms with Crippen LogP contribution in [0, 0.1) is 0 Å². The first kappa shape index (κ1) is 14.2. The van der Waals surface area contributed by atoms with Gasteiger partial charge in [-0.1, -0.05) is 6.08 Å². The van der Waals surface area contributed by atoms with Crippen molar-refractivity contribution in [1.29, 1.82) is 0 Å². The molecule has 1 fully saturated rings. The molecule has 1 aliphatic rings. The van der Waals surface area contributed by atoms with Gasteiger partial charge in [-0.3, -0.25) is 4.79 Å². The van der Waals surface area contributed by atoms with E-state index in [0.29, 0.717) is 0 Å². The lowest BCUT2D eigenvalue weighted by molar-refractivity contribution is -0.295. The number of hydrogen-bond donors (Lipinski definition) is 5. The molecule has 7 nitrogen and oxygen atoms in total. The number of carbonyl (C=O) groups excluding carboxylic acids is 1. The normalized spacial score (nSPS) is 42.9. The zero-order chi connectivity index (χ0) is 13.2. The summed E-state index contributed by atoms with van der Waals surface area (Å²) in [5, 5.41) is 38.0. The van der Waals surface area contributed by atoms with Crippen molar-refractivity contribution >= 4 is 5.78 Å². The van der Waals surface area contributed by atoms with E-state index in [9.17, 15) is 20.1 Å². The van der Waals surface area contributed by atoms with Gasteiger partial charge in [-0.25, -0.2) is 0 Å². The average Bonchev–Trinajstić information content (AvgIpc) is 2.31. The van der Waals surface area contributed by atoms with E-state index in [-0.39, 0.29) is 0 Å². The van der Waals surface area contributed by atoms with E-state index >= 15 is 0 Å². The van der Waals surface area contributed by atoms with Crippen molar-refractivity contribution < 1.29 is 30.0 Å². The molecule has 0 bridgehead atoms. The van der Waals surface area contributed by atoms with Crippen molar-refractivity contribution in [2.45, 2.75) is 37.1 Å². The highest BCUT2D eigenvalue weighted by Crippen LogP contribution is 2.28. The fourth-order valence-corrected chi connectivity index (χ4v) is 1.68. The molecule has 1 aliphatic heterocycles. The Kier molecular flexibility index (Phi) is 4.36. The minimum Gasteiger partial charge on any atom is -0.394 e. The SMILES string of the molecule is CC=CC(=O)C1(O)O[C@H](CO)[C@@H](O)[C@H](O)[C@H]1N. The van der Waals surface area contributed by atoms with Gasteiger partial charge in [0.25, 0.3) is 0 Å². The van der Waals surface area contributed by atoms with Crippen LogP contribution in [0.15, 0.2) is 12.2 Å². The number of hydrogen-bond acceptors (Lipinski definition) is 7. The molecule has 0 aromatic rings. The molecule has 5 atom stereocenters. The Hall–Kier alpha value is -0.830. The predicted molar refractivity (Wildman–Crippen MR) is 56.7 cm³/mol. The van der Waals surface area contributed by atoms with Crippen molar-refractivity contribution in [3.63, 3.8) is 0 Å². The Bertz CT molecular complexity index is 318. The summed E-state index contributed by atoms with van der Waals surface area (Å²) in [6.07, 6.45) is -1.89. The lowest BCUT2D eigenvalue weighted by Gasteiger charge is -2.44. The predicted octanol–water partition coefficient (Wildman–Crippen LogP) is -2.74. The maximum atomic E-state index is 11.6. The van der Waals surface area contributed by atoms with Crippen LogP contribution in [0.2, 0.25) is 0 Å². The lowest BCUT2D eigenvalue weighted by atomic mass is 9.88. The van der Waals surface area contributed by atoms with E-state index in [1.165, 1.54) is 6.08 Å². The molecular weight excluding hydrogens is 230 g/mol. The third-order valence-corrected chi connectivity index (χ3v) is 2.73. The van der Waals surface area contributed by atoms with Crippen molar-refractivity contribution in [3.8, 4) is 0 Å². The number of nitrogens with two attached hydrogens (primary N) is 1. The summed E-state index contributed by atoms with van der Waals surface area (Å²) in [6, 6.07) is -1.50. The Morgan fingerprint density at radius 2 is 2.06 bits per heavy atom. The molecule has 0 aromatic heterocycles. The van der Waals surface area contributed by atoms with Gasteiger partial charge in [0.15, 0.2) is 0 Å². The third-order valence-electron chi connectivity index (χ3n) is 2.73. The molecule has 7 heteroatoms. The van der Waals surface area contributed by atoms with E-state index in [0.717, 1.165) is 6.08 Å². The first-order valence-corrected chi connectivity index (χ1v) is 5.18. The highest BCUT2D eigenvalue weighted by molar-refractivity contribution is 5.96. The van der Waals surface area contributed by atoms with Gasteiger partial charge in [-0.15, -0.1) is 0 Å². The first-order valence-electron chi connectivity index (χ1n) is 5.18. The Labute approximate surface area is 98.1 Å². The number of aliphatic hydroxyl groups is 4. The first-order chi connectivity index (χ1) is 7.88. The summed E-state index contributed by atoms with van der Waals surface area (Å²) in [5.74, 6) is -3.30. The second-order valence-electron chi connectivity index (χ2n) is 3.91. The summed E-state index contributed by atoms with van der Waals surface area (Å²) in [7, 11) is 0. The fourth-order valence-electron chi connectivity index (χ4n) is 1.68. The van der Waals surface area contributed by atoms with Crippen LogP contribution in [-0.4, -0.2) is 63.0 Å². The molecule has 6 N–H and O–H groups in total. The fraction of sp³-hybridized carbons (Fsp3) is 0.700. The molecule has 1 rings (SSSR count). The van der Waals surface area contributed by atoms with Gasteiger partial charge >= 0.3 is 0 Å². The van der Waals surface area contributed by atoms with E-state index < -0.39 is 42.5 Å². The van der Waals surface area contributed by atoms with Gasteiger partial charge in [0.2, 0.25) is 11.6 Å². The largest absolute Gasteiger partial charge is 0.394 e. The number of allylic oxidation sites excluding steroid dienone is 1. The molecule has 1 unspecified atom stereocenters. The lowest BCUT2D eigenvalue weighted by Crippen LogP contribution is -2.70. The molecule has 0 aliphatic carbocycles. The van der Waals surface area contributed by atoms with E-state index in [1.807, 2.05) is 0 Å². The van der Waals surface area contributed by atoms with Crippen molar-refractivity contribution in [2.75, 3.05) is 6.61 Å². The second-order valence-corrected chi connectivity index (χ2v) is 3.91. The molecule has 0 aromatic carbocycles. The van der Waals surface area contributed by atoms with Gasteiger partial charge in [0.05, 0.1) is 12.6 Å². The Morgan fingerprint density at radius 1 is 1.47 bits per heavy atom. The van der Waals surface area contributed by atoms with Crippen LogP contribution in [0.4, 0.5) is 0 Å². The smallest absolute Gasteiger partial charge is 0.249 e. The summed E-state index contributed by atoms with van der Waals surface area (Å²) in [4.78, 5) is 11.6. The molecule has 1 saturated heterocycles. The van der Waals surface area contributed by atoms with Gasteiger partial charge in [0, 0.05) is 0 Å². The maximum Gasteiger partial charge on any atom is 0.249 e. The summed E-state index contributed by atoms with van der Waals surface area (Å²) >= 11 is 0. The number of aliphatic hydroxyl groups excluding tert-OH is 3. The second kappa shape index (κ2) is 5.21. The minimum atomic E-state index is -2.45. The van der Waals surface area contributed by atoms with E-state index in [4.69, 9.17) is 15.6 Å². The summed E-state index contributed by atoms with van der Waals surface area (Å²) in [5.41, 5.74) is 5.47. The molecular formula is C10H17NO6. The van der Waals surface area contributed by atoms with Gasteiger partial charge in [-0.2, -0.15) is 0 Å². The molecule has 0 amide bonds. The standard InChI is InChI=1S/C10H17NO6/c1-2-3-6(13)10(16)9(11)8(15)7(14)5(4-12)17-10/h2-3,5,7-9,12,14-16H,4,11H2,1H3/t5-,7-,8+,9-,10?/m1/s1. The number of rotatable bonds is 3. The highest BCUT2D eigenvalue weighted by Gasteiger charge is 2.54. The van der Waals surface area contributed by atoms with Crippen LogP contribution in [0.5, 0.6) is 0 Å². The van der Waals surface area contributed by atoms with Crippen LogP contribution in [0.25, 0.3) is 0 Å². The number of ether oxygens (including phenoxy) is 1. The molecule has 17 heavy (non-hydrogen) atoms. The average molecular weight is 247 g/mol. The minimum absolute atomic E-state index is 0.656. The molecule has 0 spiro atoms. The van der Waals surface area contributed by atoms with E-state index in [2.05, 4.69) is 0 Å². The van der Waals surface area contributed by atoms with Crippen LogP contribution >= 0.6 is 0 Å². The van der Waals surface area contributed by atoms with Crippen molar-refractivity contribution in [2.24, 2.45) is 5.73 Å². The van der Waals surface area contributed by atoms with Crippen molar-refractivity contribution in [1.82, 2.24) is 0 Å². The van der Waals surface area contributed by atoms with Crippen LogP contribution in [0.1, 0.15) is 6.92 Å². The zero-order valence-electron chi connectivity index (χ0n) is 9.35.